The number of nitrogens with zero attached hydrogens (tertiary/aromatic N) is 1. The first-order valence-electron chi connectivity index (χ1n) is 9.21. The van der Waals surface area contributed by atoms with Crippen LogP contribution in [0.15, 0.2) is 24.3 Å². The van der Waals surface area contributed by atoms with Crippen LogP contribution in [0.25, 0.3) is 0 Å². The van der Waals surface area contributed by atoms with Gasteiger partial charge in [-0.25, -0.2) is 0 Å². The van der Waals surface area contributed by atoms with Gasteiger partial charge in [0.1, 0.15) is 0 Å². The zero-order valence-corrected chi connectivity index (χ0v) is 15.2. The molecule has 2 amide bonds. The molecule has 1 saturated heterocycles. The average Bonchev–Trinajstić information content (AvgIpc) is 2.64. The number of hydrogen-bond acceptors (Lipinski definition) is 5. The van der Waals surface area contributed by atoms with E-state index in [-0.39, 0.29) is 11.8 Å². The molecule has 7 nitrogen and oxygen atoms in total. The van der Waals surface area contributed by atoms with Crippen molar-refractivity contribution in [1.82, 2.24) is 4.90 Å². The van der Waals surface area contributed by atoms with Gasteiger partial charge in [0.05, 0.1) is 32.8 Å². The number of rotatable bonds is 13. The van der Waals surface area contributed by atoms with Gasteiger partial charge in [0.25, 0.3) is 0 Å². The lowest BCUT2D eigenvalue weighted by atomic mass is 10.1. The third-order valence-electron chi connectivity index (χ3n) is 4.19. The van der Waals surface area contributed by atoms with Gasteiger partial charge in [-0.1, -0.05) is 12.1 Å². The Bertz CT molecular complexity index is 562. The fourth-order valence-electron chi connectivity index (χ4n) is 2.62. The first kappa shape index (κ1) is 20.4. The predicted molar refractivity (Wildman–Crippen MR) is 99.9 cm³/mol. The van der Waals surface area contributed by atoms with Gasteiger partial charge in [0.2, 0.25) is 11.8 Å². The van der Waals surface area contributed by atoms with Crippen molar-refractivity contribution in [2.75, 3.05) is 51.4 Å². The Morgan fingerprint density at radius 2 is 1.85 bits per heavy atom. The summed E-state index contributed by atoms with van der Waals surface area (Å²) in [6.45, 7) is 4.07. The van der Waals surface area contributed by atoms with Crippen molar-refractivity contribution in [3.05, 3.63) is 29.8 Å². The molecule has 0 bridgehead atoms. The minimum atomic E-state index is -0.0723. The van der Waals surface area contributed by atoms with Crippen molar-refractivity contribution >= 4 is 17.5 Å². The number of hydrogen-bond donors (Lipinski definition) is 2. The van der Waals surface area contributed by atoms with Crippen molar-refractivity contribution in [2.24, 2.45) is 5.73 Å². The van der Waals surface area contributed by atoms with E-state index in [9.17, 15) is 9.59 Å². The van der Waals surface area contributed by atoms with Crippen LogP contribution >= 0.6 is 0 Å². The van der Waals surface area contributed by atoms with Gasteiger partial charge in [-0.3, -0.25) is 9.59 Å². The third kappa shape index (κ3) is 7.51. The molecule has 26 heavy (non-hydrogen) atoms. The van der Waals surface area contributed by atoms with Gasteiger partial charge in [0.15, 0.2) is 0 Å². The lowest BCUT2D eigenvalue weighted by molar-refractivity contribution is -0.139. The van der Waals surface area contributed by atoms with Crippen LogP contribution in [0.4, 0.5) is 5.69 Å². The van der Waals surface area contributed by atoms with Crippen molar-refractivity contribution in [2.45, 2.75) is 25.7 Å². The van der Waals surface area contributed by atoms with Crippen LogP contribution in [0.3, 0.4) is 0 Å². The highest BCUT2D eigenvalue weighted by atomic mass is 16.5. The Morgan fingerprint density at radius 1 is 1.12 bits per heavy atom. The highest BCUT2D eigenvalue weighted by Crippen LogP contribution is 2.13. The van der Waals surface area contributed by atoms with Crippen LogP contribution in [0.5, 0.6) is 0 Å². The Morgan fingerprint density at radius 3 is 2.46 bits per heavy atom. The highest BCUT2D eigenvalue weighted by Gasteiger charge is 2.22. The monoisotopic (exact) mass is 363 g/mol. The molecule has 3 N–H and O–H groups in total. The number of carbonyl (C=O) groups is 2. The summed E-state index contributed by atoms with van der Waals surface area (Å²) in [4.78, 5) is 25.0. The van der Waals surface area contributed by atoms with Crippen molar-refractivity contribution in [1.29, 1.82) is 0 Å². The van der Waals surface area contributed by atoms with Crippen LogP contribution in [0, 0.1) is 0 Å². The normalized spacial score (nSPS) is 13.6. The molecule has 2 rings (SSSR count). The van der Waals surface area contributed by atoms with E-state index in [0.717, 1.165) is 31.6 Å². The van der Waals surface area contributed by atoms with E-state index in [0.29, 0.717) is 45.8 Å². The lowest BCUT2D eigenvalue weighted by Crippen LogP contribution is -2.43. The maximum Gasteiger partial charge on any atom is 0.226 e. The number of amides is 2. The smallest absolute Gasteiger partial charge is 0.226 e. The van der Waals surface area contributed by atoms with Gasteiger partial charge in [-0.2, -0.15) is 0 Å². The second-order valence-electron chi connectivity index (χ2n) is 6.24. The van der Waals surface area contributed by atoms with E-state index in [2.05, 4.69) is 5.32 Å². The molecule has 1 aromatic carbocycles. The van der Waals surface area contributed by atoms with Crippen LogP contribution in [0.1, 0.15) is 24.8 Å². The quantitative estimate of drug-likeness (QED) is 0.405. The molecule has 1 heterocycles. The van der Waals surface area contributed by atoms with Gasteiger partial charge in [0, 0.05) is 31.7 Å². The van der Waals surface area contributed by atoms with E-state index in [1.54, 1.807) is 0 Å². The Labute approximate surface area is 154 Å². The Balaban J connectivity index is 1.55. The van der Waals surface area contributed by atoms with Crippen LogP contribution < -0.4 is 11.1 Å². The highest BCUT2D eigenvalue weighted by molar-refractivity contribution is 5.90. The van der Waals surface area contributed by atoms with Crippen LogP contribution in [-0.2, 0) is 25.5 Å². The fraction of sp³-hybridized carbons (Fsp3) is 0.579. The summed E-state index contributed by atoms with van der Waals surface area (Å²) in [5.41, 5.74) is 7.29. The molecule has 1 aliphatic rings. The summed E-state index contributed by atoms with van der Waals surface area (Å²) in [5.74, 6) is 0.187. The molecular weight excluding hydrogens is 334 g/mol. The Kier molecular flexibility index (Phi) is 9.09. The van der Waals surface area contributed by atoms with Gasteiger partial charge in [-0.05, 0) is 30.5 Å². The molecule has 1 aliphatic heterocycles. The molecule has 0 atom stereocenters. The standard InChI is InChI=1S/C19H29N3O4/c20-9-13-26-15-14-25-12-8-18(23)21-17-5-3-16(4-6-17)2-1-10-22-11-7-19(22)24/h3-6H,1-2,7-15,20H2,(H,21,23). The number of ether oxygens (including phenoxy) is 2. The minimum absolute atomic E-state index is 0.0723. The van der Waals surface area contributed by atoms with E-state index in [1.807, 2.05) is 29.2 Å². The van der Waals surface area contributed by atoms with Crippen molar-refractivity contribution in [3.8, 4) is 0 Å². The number of carbonyl (C=O) groups excluding carboxylic acids is 2. The molecule has 144 valence electrons. The third-order valence-corrected chi connectivity index (χ3v) is 4.19. The zero-order valence-electron chi connectivity index (χ0n) is 15.2. The zero-order chi connectivity index (χ0) is 18.6. The fourth-order valence-corrected chi connectivity index (χ4v) is 2.62. The largest absolute Gasteiger partial charge is 0.379 e. The summed E-state index contributed by atoms with van der Waals surface area (Å²) < 4.78 is 10.5. The molecule has 0 unspecified atom stereocenters. The molecule has 0 radical (unpaired) electrons. The Hall–Kier alpha value is -1.96. The topological polar surface area (TPSA) is 93.9 Å². The van der Waals surface area contributed by atoms with E-state index >= 15 is 0 Å². The number of aryl methyl sites for hydroxylation is 1. The summed E-state index contributed by atoms with van der Waals surface area (Å²) in [6, 6.07) is 7.84. The molecule has 1 fully saturated rings. The predicted octanol–water partition coefficient (Wildman–Crippen LogP) is 1.17. The maximum absolute atomic E-state index is 11.9. The van der Waals surface area contributed by atoms with Crippen LogP contribution in [-0.4, -0.2) is 62.8 Å². The van der Waals surface area contributed by atoms with Gasteiger partial charge >= 0.3 is 0 Å². The van der Waals surface area contributed by atoms with Crippen LogP contribution in [0.2, 0.25) is 0 Å². The van der Waals surface area contributed by atoms with Gasteiger partial charge < -0.3 is 25.4 Å². The summed E-state index contributed by atoms with van der Waals surface area (Å²) in [6.07, 6.45) is 2.89. The summed E-state index contributed by atoms with van der Waals surface area (Å²) >= 11 is 0. The lowest BCUT2D eigenvalue weighted by Gasteiger charge is -2.30. The molecule has 0 spiro atoms. The summed E-state index contributed by atoms with van der Waals surface area (Å²) in [7, 11) is 0. The number of anilines is 1. The van der Waals surface area contributed by atoms with Crippen molar-refractivity contribution < 1.29 is 19.1 Å². The number of nitrogens with two attached hydrogens (primary N) is 1. The van der Waals surface area contributed by atoms with E-state index < -0.39 is 0 Å². The first-order chi connectivity index (χ1) is 12.7. The molecule has 0 aliphatic carbocycles. The second kappa shape index (κ2) is 11.6. The molecule has 1 aromatic rings. The average molecular weight is 363 g/mol. The molecule has 0 aromatic heterocycles. The molecule has 7 heteroatoms. The number of likely N-dealkylation sites (tertiary alicyclic amines) is 1. The number of β-lactam (4-membered cyclic amide) rings is 1. The van der Waals surface area contributed by atoms with Crippen molar-refractivity contribution in [3.63, 3.8) is 0 Å². The maximum atomic E-state index is 11.9. The SMILES string of the molecule is NCCOCCOCCC(=O)Nc1ccc(CCCN2CCC2=O)cc1. The second-order valence-corrected chi connectivity index (χ2v) is 6.24. The van der Waals surface area contributed by atoms with Gasteiger partial charge in [-0.15, -0.1) is 0 Å². The first-order valence-corrected chi connectivity index (χ1v) is 9.21. The van der Waals surface area contributed by atoms with E-state index in [1.165, 1.54) is 5.56 Å². The number of nitrogens with one attached hydrogen (secondary N) is 1. The van der Waals surface area contributed by atoms with E-state index in [4.69, 9.17) is 15.2 Å². The minimum Gasteiger partial charge on any atom is -0.379 e. The molecular formula is C19H29N3O4. The number of benzene rings is 1. The molecule has 0 saturated carbocycles. The summed E-state index contributed by atoms with van der Waals surface area (Å²) in [5, 5.41) is 2.86.